The summed E-state index contributed by atoms with van der Waals surface area (Å²) in [6.07, 6.45) is 0. The summed E-state index contributed by atoms with van der Waals surface area (Å²) in [6.45, 7) is 7.14. The molecule has 0 spiro atoms. The molecule has 0 bridgehead atoms. The summed E-state index contributed by atoms with van der Waals surface area (Å²) in [4.78, 5) is 4.69. The lowest BCUT2D eigenvalue weighted by molar-refractivity contribution is 0.0391. The lowest BCUT2D eigenvalue weighted by Gasteiger charge is -2.29. The van der Waals surface area contributed by atoms with E-state index in [-0.39, 0.29) is 0 Å². The lowest BCUT2D eigenvalue weighted by atomic mass is 10.2. The Kier molecular flexibility index (Phi) is 3.40. The lowest BCUT2D eigenvalue weighted by Crippen LogP contribution is -2.42. The number of morpholine rings is 1. The van der Waals surface area contributed by atoms with Gasteiger partial charge in [0, 0.05) is 26.2 Å². The van der Waals surface area contributed by atoms with Crippen LogP contribution in [0.5, 0.6) is 5.75 Å². The minimum absolute atomic E-state index is 0.679. The molecule has 2 aliphatic rings. The van der Waals surface area contributed by atoms with Crippen LogP contribution in [0.1, 0.15) is 0 Å². The van der Waals surface area contributed by atoms with Crippen LogP contribution in [0.3, 0.4) is 0 Å². The highest BCUT2D eigenvalue weighted by molar-refractivity contribution is 5.94. The van der Waals surface area contributed by atoms with Crippen molar-refractivity contribution < 1.29 is 14.0 Å². The van der Waals surface area contributed by atoms with E-state index in [4.69, 9.17) is 14.0 Å². The number of hydrogen-bond donors (Lipinski definition) is 0. The molecule has 1 aromatic carbocycles. The summed E-state index contributed by atoms with van der Waals surface area (Å²) < 4.78 is 16.6. The SMILES string of the molecule is c1cc2c3c(noc3c1)N(CCN1CCOCC1)CCO2. The first-order valence-corrected chi connectivity index (χ1v) is 7.48. The van der Waals surface area contributed by atoms with Crippen LogP contribution in [0.4, 0.5) is 5.82 Å². The molecule has 4 rings (SSSR count). The third-order valence-electron chi connectivity index (χ3n) is 4.15. The molecule has 6 nitrogen and oxygen atoms in total. The zero-order valence-corrected chi connectivity index (χ0v) is 12.0. The molecule has 0 saturated carbocycles. The average Bonchev–Trinajstić information content (AvgIpc) is 2.87. The van der Waals surface area contributed by atoms with Gasteiger partial charge in [-0.3, -0.25) is 4.90 Å². The van der Waals surface area contributed by atoms with Gasteiger partial charge >= 0.3 is 0 Å². The maximum atomic E-state index is 5.83. The predicted octanol–water partition coefficient (Wildman–Crippen LogP) is 1.36. The number of benzene rings is 1. The molecule has 0 atom stereocenters. The van der Waals surface area contributed by atoms with Crippen molar-refractivity contribution in [2.45, 2.75) is 0 Å². The summed E-state index contributed by atoms with van der Waals surface area (Å²) >= 11 is 0. The number of anilines is 1. The maximum absolute atomic E-state index is 5.83. The highest BCUT2D eigenvalue weighted by Gasteiger charge is 2.23. The van der Waals surface area contributed by atoms with Crippen molar-refractivity contribution in [3.05, 3.63) is 18.2 Å². The number of nitrogens with zero attached hydrogens (tertiary/aromatic N) is 3. The molecule has 0 amide bonds. The fraction of sp³-hybridized carbons (Fsp3) is 0.533. The van der Waals surface area contributed by atoms with Crippen molar-refractivity contribution >= 4 is 16.8 Å². The molecule has 21 heavy (non-hydrogen) atoms. The third-order valence-corrected chi connectivity index (χ3v) is 4.15. The van der Waals surface area contributed by atoms with Crippen LogP contribution in [0.15, 0.2) is 22.7 Å². The topological polar surface area (TPSA) is 51.0 Å². The molecule has 1 aromatic heterocycles. The standard InChI is InChI=1S/C15H19N3O3/c1-2-12-14-13(3-1)21-16-15(14)18(8-11-20-12)5-4-17-6-9-19-10-7-17/h1-3H,4-11H2. The van der Waals surface area contributed by atoms with Crippen molar-refractivity contribution in [2.75, 3.05) is 57.4 Å². The highest BCUT2D eigenvalue weighted by Crippen LogP contribution is 2.35. The normalized spacial score (nSPS) is 19.5. The Morgan fingerprint density at radius 3 is 2.86 bits per heavy atom. The van der Waals surface area contributed by atoms with E-state index in [1.165, 1.54) is 0 Å². The molecular formula is C15H19N3O3. The summed E-state index contributed by atoms with van der Waals surface area (Å²) in [6, 6.07) is 5.86. The van der Waals surface area contributed by atoms with E-state index in [1.54, 1.807) is 0 Å². The summed E-state index contributed by atoms with van der Waals surface area (Å²) in [5.74, 6) is 1.78. The Balaban J connectivity index is 1.55. The predicted molar refractivity (Wildman–Crippen MR) is 79.0 cm³/mol. The van der Waals surface area contributed by atoms with Crippen LogP contribution < -0.4 is 9.64 Å². The first-order valence-electron chi connectivity index (χ1n) is 7.48. The molecule has 1 fully saturated rings. The van der Waals surface area contributed by atoms with Gasteiger partial charge in [-0.2, -0.15) is 0 Å². The Bertz CT molecular complexity index is 622. The smallest absolute Gasteiger partial charge is 0.183 e. The van der Waals surface area contributed by atoms with Crippen LogP contribution in [-0.2, 0) is 4.74 Å². The van der Waals surface area contributed by atoms with Crippen molar-refractivity contribution in [1.82, 2.24) is 10.1 Å². The van der Waals surface area contributed by atoms with E-state index >= 15 is 0 Å². The first-order chi connectivity index (χ1) is 10.4. The molecule has 3 heterocycles. The Hall–Kier alpha value is -1.79. The van der Waals surface area contributed by atoms with Gasteiger partial charge in [0.15, 0.2) is 11.4 Å². The van der Waals surface area contributed by atoms with Crippen molar-refractivity contribution in [2.24, 2.45) is 0 Å². The van der Waals surface area contributed by atoms with Crippen LogP contribution in [0.25, 0.3) is 11.0 Å². The molecule has 0 unspecified atom stereocenters. The molecule has 0 N–H and O–H groups in total. The fourth-order valence-corrected chi connectivity index (χ4v) is 2.96. The molecule has 1 saturated heterocycles. The Labute approximate surface area is 123 Å². The number of aromatic nitrogens is 1. The van der Waals surface area contributed by atoms with Gasteiger partial charge in [0.2, 0.25) is 0 Å². The van der Waals surface area contributed by atoms with Gasteiger partial charge in [-0.15, -0.1) is 0 Å². The minimum Gasteiger partial charge on any atom is -0.491 e. The Morgan fingerprint density at radius 2 is 1.95 bits per heavy atom. The maximum Gasteiger partial charge on any atom is 0.183 e. The highest BCUT2D eigenvalue weighted by atomic mass is 16.5. The third kappa shape index (κ3) is 2.45. The molecule has 0 aliphatic carbocycles. The van der Waals surface area contributed by atoms with Crippen LogP contribution in [-0.4, -0.2) is 62.6 Å². The van der Waals surface area contributed by atoms with Crippen molar-refractivity contribution in [3.8, 4) is 5.75 Å². The zero-order chi connectivity index (χ0) is 14.1. The number of rotatable bonds is 3. The largest absolute Gasteiger partial charge is 0.491 e. The first kappa shape index (κ1) is 12.9. The molecule has 0 radical (unpaired) electrons. The van der Waals surface area contributed by atoms with E-state index in [0.29, 0.717) is 6.61 Å². The van der Waals surface area contributed by atoms with Gasteiger partial charge in [-0.1, -0.05) is 11.2 Å². The van der Waals surface area contributed by atoms with Gasteiger partial charge < -0.3 is 18.9 Å². The van der Waals surface area contributed by atoms with Gasteiger partial charge in [-0.05, 0) is 12.1 Å². The van der Waals surface area contributed by atoms with Gasteiger partial charge in [0.1, 0.15) is 17.7 Å². The number of ether oxygens (including phenoxy) is 2. The van der Waals surface area contributed by atoms with E-state index in [2.05, 4.69) is 15.0 Å². The molecular weight excluding hydrogens is 270 g/mol. The summed E-state index contributed by atoms with van der Waals surface area (Å²) in [5, 5.41) is 5.26. The van der Waals surface area contributed by atoms with Crippen molar-refractivity contribution in [1.29, 1.82) is 0 Å². The van der Waals surface area contributed by atoms with Crippen molar-refractivity contribution in [3.63, 3.8) is 0 Å². The molecule has 2 aromatic rings. The van der Waals surface area contributed by atoms with Gasteiger partial charge in [-0.25, -0.2) is 0 Å². The van der Waals surface area contributed by atoms with Gasteiger partial charge in [0.25, 0.3) is 0 Å². The van der Waals surface area contributed by atoms with E-state index in [1.807, 2.05) is 18.2 Å². The van der Waals surface area contributed by atoms with E-state index < -0.39 is 0 Å². The fourth-order valence-electron chi connectivity index (χ4n) is 2.96. The zero-order valence-electron chi connectivity index (χ0n) is 12.0. The summed E-state index contributed by atoms with van der Waals surface area (Å²) in [5.41, 5.74) is 0.792. The van der Waals surface area contributed by atoms with E-state index in [0.717, 1.165) is 68.5 Å². The second-order valence-electron chi connectivity index (χ2n) is 5.42. The van der Waals surface area contributed by atoms with Crippen LogP contribution in [0, 0.1) is 0 Å². The summed E-state index contributed by atoms with van der Waals surface area (Å²) in [7, 11) is 0. The van der Waals surface area contributed by atoms with Crippen LogP contribution in [0.2, 0.25) is 0 Å². The monoisotopic (exact) mass is 289 g/mol. The van der Waals surface area contributed by atoms with Gasteiger partial charge in [0.05, 0.1) is 19.8 Å². The van der Waals surface area contributed by atoms with Crippen LogP contribution >= 0.6 is 0 Å². The number of hydrogen-bond acceptors (Lipinski definition) is 6. The molecule has 2 aliphatic heterocycles. The average molecular weight is 289 g/mol. The second kappa shape index (κ2) is 5.54. The molecule has 6 heteroatoms. The Morgan fingerprint density at radius 1 is 1.05 bits per heavy atom. The quantitative estimate of drug-likeness (QED) is 0.850. The second-order valence-corrected chi connectivity index (χ2v) is 5.42. The van der Waals surface area contributed by atoms with E-state index in [9.17, 15) is 0 Å². The minimum atomic E-state index is 0.679. The molecule has 112 valence electrons.